The van der Waals surface area contributed by atoms with Crippen LogP contribution in [0, 0.1) is 6.92 Å². The van der Waals surface area contributed by atoms with Gasteiger partial charge in [-0.3, -0.25) is 4.79 Å². The van der Waals surface area contributed by atoms with E-state index in [1.807, 2.05) is 54.5 Å². The summed E-state index contributed by atoms with van der Waals surface area (Å²) in [6.07, 6.45) is 1.56. The van der Waals surface area contributed by atoms with Gasteiger partial charge in [0.1, 0.15) is 11.4 Å². The van der Waals surface area contributed by atoms with Crippen LogP contribution in [0.1, 0.15) is 12.5 Å². The molecule has 118 valence electrons. The monoisotopic (exact) mass is 343 g/mol. The molecule has 2 aromatic heterocycles. The number of carbonyl (C=O) groups is 1. The van der Waals surface area contributed by atoms with E-state index in [1.165, 1.54) is 11.8 Å². The first-order valence-electron chi connectivity index (χ1n) is 7.37. The molecule has 3 aromatic rings. The number of benzene rings is 1. The average molecular weight is 343 g/mol. The van der Waals surface area contributed by atoms with Gasteiger partial charge in [0.2, 0.25) is 5.91 Å². The Bertz CT molecular complexity index is 831. The van der Waals surface area contributed by atoms with Gasteiger partial charge in [0.15, 0.2) is 0 Å². The van der Waals surface area contributed by atoms with Crippen molar-refractivity contribution >= 4 is 44.9 Å². The molecular weight excluding hydrogens is 326 g/mol. The smallest absolute Gasteiger partial charge is 0.237 e. The highest BCUT2D eigenvalue weighted by Crippen LogP contribution is 2.29. The topological polar surface area (TPSA) is 46.1 Å². The number of rotatable bonds is 5. The number of carbonyl (C=O) groups excluding carboxylic acids is 1. The van der Waals surface area contributed by atoms with E-state index in [0.29, 0.717) is 12.3 Å². The molecule has 6 heteroatoms. The summed E-state index contributed by atoms with van der Waals surface area (Å²) in [6.45, 7) is 4.68. The summed E-state index contributed by atoms with van der Waals surface area (Å²) in [5, 5.41) is 2.87. The molecule has 1 amide bonds. The van der Waals surface area contributed by atoms with Crippen molar-refractivity contribution in [2.45, 2.75) is 18.9 Å². The lowest BCUT2D eigenvalue weighted by Gasteiger charge is -2.22. The summed E-state index contributed by atoms with van der Waals surface area (Å²) in [5.41, 5.74) is 3.02. The van der Waals surface area contributed by atoms with Crippen LogP contribution in [-0.2, 0) is 4.79 Å². The fraction of sp³-hybridized carbons (Fsp3) is 0.235. The Morgan fingerprint density at radius 3 is 2.87 bits per heavy atom. The maximum Gasteiger partial charge on any atom is 0.237 e. The van der Waals surface area contributed by atoms with Crippen molar-refractivity contribution in [1.29, 1.82) is 0 Å². The van der Waals surface area contributed by atoms with Gasteiger partial charge in [-0.2, -0.15) is 0 Å². The van der Waals surface area contributed by atoms with Crippen LogP contribution in [0.4, 0.5) is 5.69 Å². The molecule has 1 aromatic carbocycles. The number of nitrogens with zero attached hydrogens (tertiary/aromatic N) is 3. The Balaban J connectivity index is 1.76. The fourth-order valence-electron chi connectivity index (χ4n) is 2.42. The molecule has 0 aliphatic rings. The van der Waals surface area contributed by atoms with Crippen LogP contribution >= 0.6 is 23.1 Å². The van der Waals surface area contributed by atoms with E-state index in [4.69, 9.17) is 0 Å². The van der Waals surface area contributed by atoms with E-state index >= 15 is 0 Å². The second-order valence-corrected chi connectivity index (χ2v) is 6.91. The maximum atomic E-state index is 12.6. The predicted molar refractivity (Wildman–Crippen MR) is 97.3 cm³/mol. The molecule has 0 N–H and O–H groups in total. The number of thioether (sulfide) groups is 1. The largest absolute Gasteiger partial charge is 0.312 e. The predicted octanol–water partition coefficient (Wildman–Crippen LogP) is 4.14. The lowest BCUT2D eigenvalue weighted by Crippen LogP contribution is -2.32. The molecule has 4 nitrogen and oxygen atoms in total. The summed E-state index contributed by atoms with van der Waals surface area (Å²) in [7, 11) is 0. The molecule has 0 radical (unpaired) electrons. The first kappa shape index (κ1) is 16.0. The molecule has 23 heavy (non-hydrogen) atoms. The van der Waals surface area contributed by atoms with Gasteiger partial charge in [-0.15, -0.1) is 11.3 Å². The van der Waals surface area contributed by atoms with E-state index < -0.39 is 0 Å². The van der Waals surface area contributed by atoms with Crippen molar-refractivity contribution < 1.29 is 4.79 Å². The minimum absolute atomic E-state index is 0.0927. The molecule has 0 aliphatic heterocycles. The Labute approximate surface area is 143 Å². The van der Waals surface area contributed by atoms with Crippen LogP contribution in [0.5, 0.6) is 0 Å². The molecule has 0 atom stereocenters. The van der Waals surface area contributed by atoms with Gasteiger partial charge in [-0.1, -0.05) is 30.0 Å². The molecule has 3 rings (SSSR count). The maximum absolute atomic E-state index is 12.6. The summed E-state index contributed by atoms with van der Waals surface area (Å²) >= 11 is 3.08. The molecule has 0 aliphatic carbocycles. The fourth-order valence-corrected chi connectivity index (χ4v) is 4.25. The summed E-state index contributed by atoms with van der Waals surface area (Å²) in [5.74, 6) is 0.460. The van der Waals surface area contributed by atoms with E-state index in [2.05, 4.69) is 9.97 Å². The van der Waals surface area contributed by atoms with Gasteiger partial charge in [0, 0.05) is 12.2 Å². The van der Waals surface area contributed by atoms with Gasteiger partial charge in [-0.05, 0) is 36.9 Å². The van der Waals surface area contributed by atoms with E-state index in [1.54, 1.807) is 17.7 Å². The van der Waals surface area contributed by atoms with Gasteiger partial charge in [0.25, 0.3) is 0 Å². The average Bonchev–Trinajstić information content (AvgIpc) is 3.04. The lowest BCUT2D eigenvalue weighted by molar-refractivity contribution is -0.116. The normalized spacial score (nSPS) is 10.9. The molecule has 0 bridgehead atoms. The van der Waals surface area contributed by atoms with E-state index in [0.717, 1.165) is 26.5 Å². The molecule has 0 saturated carbocycles. The zero-order valence-corrected chi connectivity index (χ0v) is 14.7. The van der Waals surface area contributed by atoms with Crippen LogP contribution in [0.25, 0.3) is 10.2 Å². The standard InChI is InChI=1S/C17H17N3OS2/c1-3-20(14-7-5-4-6-12(14)2)15(21)10-23-17-16-13(8-9-22-16)18-11-19-17/h4-9,11H,3,10H2,1-2H3. The number of aryl methyl sites for hydroxylation is 1. The molecule has 2 heterocycles. The number of fused-ring (bicyclic) bond motifs is 1. The Morgan fingerprint density at radius 2 is 2.09 bits per heavy atom. The highest BCUT2D eigenvalue weighted by Gasteiger charge is 2.17. The van der Waals surface area contributed by atoms with Crippen molar-refractivity contribution in [3.63, 3.8) is 0 Å². The first-order valence-corrected chi connectivity index (χ1v) is 9.24. The van der Waals surface area contributed by atoms with Gasteiger partial charge in [0.05, 0.1) is 16.0 Å². The van der Waals surface area contributed by atoms with Gasteiger partial charge in [-0.25, -0.2) is 9.97 Å². The van der Waals surface area contributed by atoms with Crippen LogP contribution in [0.3, 0.4) is 0 Å². The van der Waals surface area contributed by atoms with Crippen molar-refractivity contribution in [1.82, 2.24) is 9.97 Å². The highest BCUT2D eigenvalue weighted by molar-refractivity contribution is 8.00. The van der Waals surface area contributed by atoms with Crippen LogP contribution in [0.15, 0.2) is 47.1 Å². The van der Waals surface area contributed by atoms with Gasteiger partial charge >= 0.3 is 0 Å². The lowest BCUT2D eigenvalue weighted by atomic mass is 10.2. The number of thiophene rings is 1. The second-order valence-electron chi connectivity index (χ2n) is 5.03. The minimum atomic E-state index is 0.0927. The number of amides is 1. The summed E-state index contributed by atoms with van der Waals surface area (Å²) in [6, 6.07) is 9.94. The SMILES string of the molecule is CCN(C(=O)CSc1ncnc2ccsc12)c1ccccc1C. The third kappa shape index (κ3) is 3.38. The first-order chi connectivity index (χ1) is 11.2. The Hall–Kier alpha value is -1.92. The van der Waals surface area contributed by atoms with Crippen LogP contribution in [-0.4, -0.2) is 28.2 Å². The minimum Gasteiger partial charge on any atom is -0.312 e. The zero-order valence-electron chi connectivity index (χ0n) is 13.0. The van der Waals surface area contributed by atoms with Gasteiger partial charge < -0.3 is 4.90 Å². The number of para-hydroxylation sites is 1. The number of hydrogen-bond donors (Lipinski definition) is 0. The molecule has 0 unspecified atom stereocenters. The summed E-state index contributed by atoms with van der Waals surface area (Å²) < 4.78 is 1.05. The third-order valence-electron chi connectivity index (χ3n) is 3.57. The summed E-state index contributed by atoms with van der Waals surface area (Å²) in [4.78, 5) is 23.0. The van der Waals surface area contributed by atoms with E-state index in [-0.39, 0.29) is 5.91 Å². The second kappa shape index (κ2) is 7.10. The van der Waals surface area contributed by atoms with Crippen LogP contribution in [0.2, 0.25) is 0 Å². The quantitative estimate of drug-likeness (QED) is 0.516. The molecular formula is C17H17N3OS2. The third-order valence-corrected chi connectivity index (χ3v) is 5.58. The Kier molecular flexibility index (Phi) is 4.93. The zero-order chi connectivity index (χ0) is 16.2. The molecule has 0 saturated heterocycles. The number of anilines is 1. The molecule has 0 fully saturated rings. The molecule has 0 spiro atoms. The van der Waals surface area contributed by atoms with Crippen molar-refractivity contribution in [3.8, 4) is 0 Å². The van der Waals surface area contributed by atoms with Crippen molar-refractivity contribution in [3.05, 3.63) is 47.6 Å². The number of hydrogen-bond acceptors (Lipinski definition) is 5. The van der Waals surface area contributed by atoms with Crippen molar-refractivity contribution in [2.24, 2.45) is 0 Å². The number of aromatic nitrogens is 2. The van der Waals surface area contributed by atoms with E-state index in [9.17, 15) is 4.79 Å². The Morgan fingerprint density at radius 1 is 1.26 bits per heavy atom. The van der Waals surface area contributed by atoms with Crippen molar-refractivity contribution in [2.75, 3.05) is 17.2 Å². The van der Waals surface area contributed by atoms with Crippen LogP contribution < -0.4 is 4.90 Å². The highest BCUT2D eigenvalue weighted by atomic mass is 32.2.